The molecule has 1 aromatic rings. The molecule has 0 aliphatic carbocycles. The summed E-state index contributed by atoms with van der Waals surface area (Å²) in [7, 11) is 1.89. The van der Waals surface area contributed by atoms with Gasteiger partial charge in [0.05, 0.1) is 6.54 Å². The highest BCUT2D eigenvalue weighted by Gasteiger charge is 2.10. The third-order valence-corrected chi connectivity index (χ3v) is 2.99. The predicted molar refractivity (Wildman–Crippen MR) is 73.5 cm³/mol. The van der Waals surface area contributed by atoms with Gasteiger partial charge in [-0.05, 0) is 44.5 Å². The van der Waals surface area contributed by atoms with Crippen LogP contribution in [0.4, 0.5) is 4.39 Å². The minimum absolute atomic E-state index is 0.0229. The molecule has 0 saturated carbocycles. The van der Waals surface area contributed by atoms with Crippen LogP contribution in [-0.4, -0.2) is 42.5 Å². The lowest BCUT2D eigenvalue weighted by atomic mass is 10.1. The fraction of sp³-hybridized carbons (Fsp3) is 0.533. The van der Waals surface area contributed by atoms with Crippen molar-refractivity contribution in [3.63, 3.8) is 0 Å². The summed E-state index contributed by atoms with van der Waals surface area (Å²) in [4.78, 5) is 13.8. The second-order valence-corrected chi connectivity index (χ2v) is 4.83. The van der Waals surface area contributed by atoms with E-state index in [1.54, 1.807) is 18.2 Å². The first-order valence-corrected chi connectivity index (χ1v) is 6.68. The molecule has 0 aromatic heterocycles. The summed E-state index contributed by atoms with van der Waals surface area (Å²) in [6, 6.07) is 6.39. The fourth-order valence-electron chi connectivity index (χ4n) is 1.96. The summed E-state index contributed by atoms with van der Waals surface area (Å²) in [5.41, 5.74) is 0.459. The van der Waals surface area contributed by atoms with Crippen molar-refractivity contribution in [3.8, 4) is 0 Å². The van der Waals surface area contributed by atoms with Crippen molar-refractivity contribution in [2.45, 2.75) is 25.7 Å². The average molecular weight is 267 g/mol. The van der Waals surface area contributed by atoms with Crippen LogP contribution < -0.4 is 0 Å². The summed E-state index contributed by atoms with van der Waals surface area (Å²) < 4.78 is 13.4. The number of benzene rings is 1. The number of likely N-dealkylation sites (N-methyl/N-ethyl adjacent to an activating group) is 1. The van der Waals surface area contributed by atoms with Gasteiger partial charge in [0.25, 0.3) is 0 Å². The monoisotopic (exact) mass is 267 g/mol. The van der Waals surface area contributed by atoms with Crippen molar-refractivity contribution in [2.75, 3.05) is 26.7 Å². The van der Waals surface area contributed by atoms with Gasteiger partial charge in [0.15, 0.2) is 5.78 Å². The third kappa shape index (κ3) is 6.45. The lowest BCUT2D eigenvalue weighted by Crippen LogP contribution is -2.28. The highest BCUT2D eigenvalue weighted by atomic mass is 19.1. The smallest absolute Gasteiger partial charge is 0.151 e. The van der Waals surface area contributed by atoms with Crippen LogP contribution in [0.2, 0.25) is 0 Å². The van der Waals surface area contributed by atoms with Crippen LogP contribution >= 0.6 is 0 Å². The van der Waals surface area contributed by atoms with E-state index in [4.69, 9.17) is 5.11 Å². The van der Waals surface area contributed by atoms with E-state index < -0.39 is 0 Å². The molecule has 1 N–H and O–H groups in total. The molecular formula is C15H22FNO2. The Balaban J connectivity index is 2.29. The fourth-order valence-corrected chi connectivity index (χ4v) is 1.96. The van der Waals surface area contributed by atoms with E-state index in [1.807, 2.05) is 11.9 Å². The minimum Gasteiger partial charge on any atom is -0.396 e. The molecule has 1 rings (SSSR count). The van der Waals surface area contributed by atoms with E-state index in [2.05, 4.69) is 0 Å². The molecule has 0 radical (unpaired) electrons. The second-order valence-electron chi connectivity index (χ2n) is 4.83. The van der Waals surface area contributed by atoms with Gasteiger partial charge in [-0.25, -0.2) is 4.39 Å². The molecule has 19 heavy (non-hydrogen) atoms. The van der Waals surface area contributed by atoms with Gasteiger partial charge in [-0.2, -0.15) is 0 Å². The van der Waals surface area contributed by atoms with Crippen molar-refractivity contribution in [3.05, 3.63) is 35.6 Å². The second kappa shape index (κ2) is 8.77. The van der Waals surface area contributed by atoms with E-state index >= 15 is 0 Å². The molecule has 0 aliphatic rings. The molecular weight excluding hydrogens is 245 g/mol. The standard InChI is InChI=1S/C15H22FNO2/c1-17(9-5-2-6-10-18)12-14(19)11-13-7-3-4-8-15(13)16/h3-4,7-8,18H,2,5-6,9-12H2,1H3. The maximum atomic E-state index is 13.4. The van der Waals surface area contributed by atoms with Gasteiger partial charge in [0, 0.05) is 13.0 Å². The normalized spacial score (nSPS) is 10.9. The lowest BCUT2D eigenvalue weighted by Gasteiger charge is -2.15. The van der Waals surface area contributed by atoms with E-state index in [-0.39, 0.29) is 24.6 Å². The molecule has 0 atom stereocenters. The topological polar surface area (TPSA) is 40.5 Å². The van der Waals surface area contributed by atoms with Crippen molar-refractivity contribution in [1.82, 2.24) is 4.90 Å². The van der Waals surface area contributed by atoms with Gasteiger partial charge in [-0.1, -0.05) is 18.2 Å². The largest absolute Gasteiger partial charge is 0.396 e. The van der Waals surface area contributed by atoms with E-state index in [0.717, 1.165) is 25.8 Å². The number of Topliss-reactive ketones (excluding diaryl/α,β-unsaturated/α-hetero) is 1. The van der Waals surface area contributed by atoms with Crippen molar-refractivity contribution in [1.29, 1.82) is 0 Å². The highest BCUT2D eigenvalue weighted by molar-refractivity contribution is 5.82. The van der Waals surface area contributed by atoms with E-state index in [9.17, 15) is 9.18 Å². The zero-order valence-electron chi connectivity index (χ0n) is 11.4. The molecule has 0 aliphatic heterocycles. The molecule has 4 heteroatoms. The average Bonchev–Trinajstić information content (AvgIpc) is 2.37. The summed E-state index contributed by atoms with van der Waals surface area (Å²) >= 11 is 0. The molecule has 0 unspecified atom stereocenters. The van der Waals surface area contributed by atoms with Gasteiger partial charge in [-0.15, -0.1) is 0 Å². The molecule has 0 bridgehead atoms. The number of aliphatic hydroxyl groups is 1. The number of hydrogen-bond donors (Lipinski definition) is 1. The van der Waals surface area contributed by atoms with Crippen LogP contribution in [-0.2, 0) is 11.2 Å². The molecule has 0 amide bonds. The Morgan fingerprint density at radius 1 is 1.26 bits per heavy atom. The number of hydrogen-bond acceptors (Lipinski definition) is 3. The minimum atomic E-state index is -0.318. The number of carbonyl (C=O) groups excluding carboxylic acids is 1. The number of unbranched alkanes of at least 4 members (excludes halogenated alkanes) is 2. The molecule has 106 valence electrons. The van der Waals surface area contributed by atoms with Crippen LogP contribution in [0, 0.1) is 5.82 Å². The first-order valence-electron chi connectivity index (χ1n) is 6.68. The Labute approximate surface area is 114 Å². The first-order chi connectivity index (χ1) is 9.13. The molecule has 0 saturated heterocycles. The van der Waals surface area contributed by atoms with Crippen molar-refractivity contribution < 1.29 is 14.3 Å². The van der Waals surface area contributed by atoms with Crippen molar-refractivity contribution in [2.24, 2.45) is 0 Å². The molecule has 0 heterocycles. The van der Waals surface area contributed by atoms with Gasteiger partial charge in [0.1, 0.15) is 5.82 Å². The number of aliphatic hydroxyl groups excluding tert-OH is 1. The van der Waals surface area contributed by atoms with Crippen LogP contribution in [0.1, 0.15) is 24.8 Å². The van der Waals surface area contributed by atoms with Gasteiger partial charge < -0.3 is 5.11 Å². The number of ketones is 1. The Morgan fingerprint density at radius 3 is 2.68 bits per heavy atom. The predicted octanol–water partition coefficient (Wildman–Crippen LogP) is 2.03. The molecule has 0 spiro atoms. The van der Waals surface area contributed by atoms with E-state index in [0.29, 0.717) is 12.1 Å². The zero-order chi connectivity index (χ0) is 14.1. The Bertz CT molecular complexity index is 395. The van der Waals surface area contributed by atoms with Gasteiger partial charge in [0.2, 0.25) is 0 Å². The van der Waals surface area contributed by atoms with E-state index in [1.165, 1.54) is 6.07 Å². The number of nitrogens with zero attached hydrogens (tertiary/aromatic N) is 1. The first kappa shape index (κ1) is 15.8. The van der Waals surface area contributed by atoms with Crippen LogP contribution in [0.15, 0.2) is 24.3 Å². The highest BCUT2D eigenvalue weighted by Crippen LogP contribution is 2.07. The van der Waals surface area contributed by atoms with Crippen LogP contribution in [0.25, 0.3) is 0 Å². The summed E-state index contributed by atoms with van der Waals surface area (Å²) in [5, 5.41) is 8.66. The molecule has 0 fully saturated rings. The van der Waals surface area contributed by atoms with Crippen LogP contribution in [0.3, 0.4) is 0 Å². The lowest BCUT2D eigenvalue weighted by molar-refractivity contribution is -0.119. The SMILES string of the molecule is CN(CCCCCO)CC(=O)Cc1ccccc1F. The summed E-state index contributed by atoms with van der Waals surface area (Å²) in [5.74, 6) is -0.295. The maximum absolute atomic E-state index is 13.4. The Kier molecular flexibility index (Phi) is 7.30. The molecule has 1 aromatic carbocycles. The quantitative estimate of drug-likeness (QED) is 0.696. The third-order valence-electron chi connectivity index (χ3n) is 2.99. The van der Waals surface area contributed by atoms with Gasteiger partial charge in [-0.3, -0.25) is 9.69 Å². The number of carbonyl (C=O) groups is 1. The number of halogens is 1. The zero-order valence-corrected chi connectivity index (χ0v) is 11.4. The summed E-state index contributed by atoms with van der Waals surface area (Å²) in [6.07, 6.45) is 2.87. The Hall–Kier alpha value is -1.26. The Morgan fingerprint density at radius 2 is 2.00 bits per heavy atom. The maximum Gasteiger partial charge on any atom is 0.151 e. The number of rotatable bonds is 9. The van der Waals surface area contributed by atoms with Gasteiger partial charge >= 0.3 is 0 Å². The molecule has 3 nitrogen and oxygen atoms in total. The van der Waals surface area contributed by atoms with Crippen LogP contribution in [0.5, 0.6) is 0 Å². The summed E-state index contributed by atoms with van der Waals surface area (Å²) in [6.45, 7) is 1.38. The van der Waals surface area contributed by atoms with Crippen molar-refractivity contribution >= 4 is 5.78 Å².